The maximum Gasteiger partial charge on any atom is 0.154 e. The Kier molecular flexibility index (Phi) is 3.75. The molecule has 4 nitrogen and oxygen atoms in total. The van der Waals surface area contributed by atoms with Crippen LogP contribution in [0.1, 0.15) is 31.9 Å². The second-order valence-electron chi connectivity index (χ2n) is 4.13. The van der Waals surface area contributed by atoms with Crippen LogP contribution >= 0.6 is 0 Å². The maximum absolute atomic E-state index is 5.90. The molecule has 0 radical (unpaired) electrons. The molecule has 0 spiro atoms. The van der Waals surface area contributed by atoms with Gasteiger partial charge in [0.05, 0.1) is 11.3 Å². The Labute approximate surface area is 101 Å². The number of hydrogen-bond acceptors (Lipinski definition) is 3. The highest BCUT2D eigenvalue weighted by Gasteiger charge is 2.13. The van der Waals surface area contributed by atoms with Crippen LogP contribution in [-0.2, 0) is 6.42 Å². The molecule has 90 valence electrons. The van der Waals surface area contributed by atoms with E-state index in [1.54, 1.807) is 6.20 Å². The van der Waals surface area contributed by atoms with E-state index in [1.807, 2.05) is 18.2 Å². The number of H-pyrrole nitrogens is 1. The number of nitrogen functional groups attached to an aromatic ring is 1. The lowest BCUT2D eigenvalue weighted by atomic mass is 10.1. The molecule has 0 bridgehead atoms. The normalized spacial score (nSPS) is 10.6. The van der Waals surface area contributed by atoms with Gasteiger partial charge >= 0.3 is 0 Å². The fraction of sp³-hybridized carbons (Fsp3) is 0.385. The van der Waals surface area contributed by atoms with Crippen molar-refractivity contribution in [3.05, 3.63) is 30.1 Å². The zero-order valence-corrected chi connectivity index (χ0v) is 10.1. The molecular formula is C13H18N4. The molecule has 2 aromatic rings. The highest BCUT2D eigenvalue weighted by atomic mass is 15.2. The Morgan fingerprint density at radius 1 is 1.29 bits per heavy atom. The summed E-state index contributed by atoms with van der Waals surface area (Å²) < 4.78 is 0. The van der Waals surface area contributed by atoms with Crippen LogP contribution in [0.5, 0.6) is 0 Å². The molecule has 0 fully saturated rings. The molecule has 0 unspecified atom stereocenters. The summed E-state index contributed by atoms with van der Waals surface area (Å²) in [5, 5.41) is 7.10. The topological polar surface area (TPSA) is 67.6 Å². The summed E-state index contributed by atoms with van der Waals surface area (Å²) >= 11 is 0. The molecule has 0 saturated carbocycles. The van der Waals surface area contributed by atoms with Crippen molar-refractivity contribution < 1.29 is 0 Å². The van der Waals surface area contributed by atoms with E-state index in [-0.39, 0.29) is 0 Å². The molecule has 2 aromatic heterocycles. The van der Waals surface area contributed by atoms with Gasteiger partial charge in [-0.05, 0) is 25.0 Å². The van der Waals surface area contributed by atoms with Gasteiger partial charge in [0.25, 0.3) is 0 Å². The SMILES string of the molecule is CCCCCc1[nH]nc(N)c1-c1ccccn1. The molecule has 0 aliphatic heterocycles. The Balaban J connectivity index is 2.24. The quantitative estimate of drug-likeness (QED) is 0.776. The van der Waals surface area contributed by atoms with Crippen LogP contribution in [0.3, 0.4) is 0 Å². The number of unbranched alkanes of at least 4 members (excludes halogenated alkanes) is 2. The van der Waals surface area contributed by atoms with E-state index >= 15 is 0 Å². The zero-order chi connectivity index (χ0) is 12.1. The second kappa shape index (κ2) is 5.48. The minimum atomic E-state index is 0.537. The summed E-state index contributed by atoms with van der Waals surface area (Å²) in [6.07, 6.45) is 6.34. The fourth-order valence-electron chi connectivity index (χ4n) is 1.92. The predicted molar refractivity (Wildman–Crippen MR) is 69.5 cm³/mol. The summed E-state index contributed by atoms with van der Waals surface area (Å²) in [6, 6.07) is 5.83. The molecule has 0 aliphatic carbocycles. The summed E-state index contributed by atoms with van der Waals surface area (Å²) in [5.41, 5.74) is 8.84. The lowest BCUT2D eigenvalue weighted by Crippen LogP contribution is -1.93. The highest BCUT2D eigenvalue weighted by molar-refractivity contribution is 5.73. The average molecular weight is 230 g/mol. The van der Waals surface area contributed by atoms with E-state index in [4.69, 9.17) is 5.73 Å². The van der Waals surface area contributed by atoms with E-state index in [0.29, 0.717) is 5.82 Å². The number of aromatic amines is 1. The van der Waals surface area contributed by atoms with Gasteiger partial charge in [0, 0.05) is 11.9 Å². The van der Waals surface area contributed by atoms with Gasteiger partial charge in [-0.2, -0.15) is 5.10 Å². The Morgan fingerprint density at radius 2 is 2.18 bits per heavy atom. The number of nitrogens with zero attached hydrogens (tertiary/aromatic N) is 2. The van der Waals surface area contributed by atoms with Crippen LogP contribution in [0.4, 0.5) is 5.82 Å². The fourth-order valence-corrected chi connectivity index (χ4v) is 1.92. The van der Waals surface area contributed by atoms with Crippen molar-refractivity contribution >= 4 is 5.82 Å². The lowest BCUT2D eigenvalue weighted by Gasteiger charge is -2.03. The molecule has 2 rings (SSSR count). The molecule has 0 atom stereocenters. The zero-order valence-electron chi connectivity index (χ0n) is 10.1. The van der Waals surface area contributed by atoms with Gasteiger partial charge < -0.3 is 5.73 Å². The van der Waals surface area contributed by atoms with E-state index in [9.17, 15) is 0 Å². The average Bonchev–Trinajstić information content (AvgIpc) is 2.72. The largest absolute Gasteiger partial charge is 0.382 e. The first-order chi connectivity index (χ1) is 8.33. The highest BCUT2D eigenvalue weighted by Crippen LogP contribution is 2.26. The number of rotatable bonds is 5. The smallest absolute Gasteiger partial charge is 0.154 e. The number of nitrogens with two attached hydrogens (primary N) is 1. The van der Waals surface area contributed by atoms with Gasteiger partial charge in [-0.1, -0.05) is 25.8 Å². The molecule has 0 saturated heterocycles. The maximum atomic E-state index is 5.90. The van der Waals surface area contributed by atoms with E-state index in [0.717, 1.165) is 29.8 Å². The van der Waals surface area contributed by atoms with Gasteiger partial charge in [0.15, 0.2) is 5.82 Å². The van der Waals surface area contributed by atoms with Crippen molar-refractivity contribution in [3.8, 4) is 11.3 Å². The van der Waals surface area contributed by atoms with Crippen molar-refractivity contribution in [3.63, 3.8) is 0 Å². The van der Waals surface area contributed by atoms with Crippen LogP contribution in [0, 0.1) is 0 Å². The standard InChI is InChI=1S/C13H18N4/c1-2-3-4-8-11-12(13(14)17-16-11)10-7-5-6-9-15-10/h5-7,9H,2-4,8H2,1H3,(H3,14,16,17). The lowest BCUT2D eigenvalue weighted by molar-refractivity contribution is 0.706. The van der Waals surface area contributed by atoms with Crippen molar-refractivity contribution in [2.45, 2.75) is 32.6 Å². The van der Waals surface area contributed by atoms with Gasteiger partial charge in [-0.15, -0.1) is 0 Å². The summed E-state index contributed by atoms with van der Waals surface area (Å²) in [5.74, 6) is 0.537. The van der Waals surface area contributed by atoms with Crippen molar-refractivity contribution in [1.29, 1.82) is 0 Å². The third-order valence-corrected chi connectivity index (χ3v) is 2.82. The van der Waals surface area contributed by atoms with Crippen LogP contribution in [-0.4, -0.2) is 15.2 Å². The molecule has 0 aliphatic rings. The van der Waals surface area contributed by atoms with Crippen molar-refractivity contribution in [2.75, 3.05) is 5.73 Å². The summed E-state index contributed by atoms with van der Waals surface area (Å²) in [6.45, 7) is 2.20. The predicted octanol–water partition coefficient (Wildman–Crippen LogP) is 2.79. The molecule has 4 heteroatoms. The van der Waals surface area contributed by atoms with E-state index in [2.05, 4.69) is 22.1 Å². The molecule has 0 aromatic carbocycles. The van der Waals surface area contributed by atoms with Crippen LogP contribution in [0.2, 0.25) is 0 Å². The third kappa shape index (κ3) is 2.64. The number of nitrogens with one attached hydrogen (secondary N) is 1. The molecule has 17 heavy (non-hydrogen) atoms. The van der Waals surface area contributed by atoms with Gasteiger partial charge in [-0.25, -0.2) is 0 Å². The number of aromatic nitrogens is 3. The second-order valence-corrected chi connectivity index (χ2v) is 4.13. The van der Waals surface area contributed by atoms with Crippen LogP contribution < -0.4 is 5.73 Å². The van der Waals surface area contributed by atoms with Gasteiger partial charge in [0.2, 0.25) is 0 Å². The summed E-state index contributed by atoms with van der Waals surface area (Å²) in [7, 11) is 0. The molecular weight excluding hydrogens is 212 g/mol. The Morgan fingerprint density at radius 3 is 2.88 bits per heavy atom. The van der Waals surface area contributed by atoms with Gasteiger partial charge in [-0.3, -0.25) is 10.1 Å². The summed E-state index contributed by atoms with van der Waals surface area (Å²) in [4.78, 5) is 4.33. The first-order valence-electron chi connectivity index (χ1n) is 6.07. The van der Waals surface area contributed by atoms with Crippen molar-refractivity contribution in [1.82, 2.24) is 15.2 Å². The molecule has 0 amide bonds. The Bertz CT molecular complexity index is 462. The number of aryl methyl sites for hydroxylation is 1. The van der Waals surface area contributed by atoms with E-state index in [1.165, 1.54) is 12.8 Å². The van der Waals surface area contributed by atoms with Crippen LogP contribution in [0.15, 0.2) is 24.4 Å². The minimum Gasteiger partial charge on any atom is -0.382 e. The number of pyridine rings is 1. The van der Waals surface area contributed by atoms with Crippen molar-refractivity contribution in [2.24, 2.45) is 0 Å². The third-order valence-electron chi connectivity index (χ3n) is 2.82. The Hall–Kier alpha value is -1.84. The molecule has 3 N–H and O–H groups in total. The first kappa shape index (κ1) is 11.6. The van der Waals surface area contributed by atoms with Gasteiger partial charge in [0.1, 0.15) is 0 Å². The van der Waals surface area contributed by atoms with Crippen LogP contribution in [0.25, 0.3) is 11.3 Å². The number of hydrogen-bond donors (Lipinski definition) is 2. The monoisotopic (exact) mass is 230 g/mol. The van der Waals surface area contributed by atoms with E-state index < -0.39 is 0 Å². The molecule has 2 heterocycles. The number of anilines is 1. The minimum absolute atomic E-state index is 0.537. The first-order valence-corrected chi connectivity index (χ1v) is 6.07.